The van der Waals surface area contributed by atoms with Gasteiger partial charge in [0.05, 0.1) is 11.4 Å². The Labute approximate surface area is 360 Å². The van der Waals surface area contributed by atoms with Crippen LogP contribution in [0.5, 0.6) is 0 Å². The smallest absolute Gasteiger partial charge is 0.143 e. The minimum atomic E-state index is 0.895. The average molecular weight is 790 g/mol. The van der Waals surface area contributed by atoms with Crippen LogP contribution in [0.2, 0.25) is 0 Å². The monoisotopic (exact) mass is 789 g/mol. The van der Waals surface area contributed by atoms with E-state index in [1.54, 1.807) is 0 Å². The SMILES string of the molecule is c1ccc(-c2c(-c3ccccc3)c3cc(-c4ccccc4N(c4cccc(-c5cccc6c5oc5ccccc56)c4)c4cccc5ccccc45)ccc3c3ccccc23)cc1. The highest BCUT2D eigenvalue weighted by Gasteiger charge is 2.23. The number of hydrogen-bond acceptors (Lipinski definition) is 2. The Morgan fingerprint density at radius 2 is 0.823 bits per heavy atom. The highest BCUT2D eigenvalue weighted by atomic mass is 16.3. The van der Waals surface area contributed by atoms with Crippen LogP contribution in [0.3, 0.4) is 0 Å². The van der Waals surface area contributed by atoms with Crippen LogP contribution in [-0.4, -0.2) is 0 Å². The molecule has 1 aromatic heterocycles. The van der Waals surface area contributed by atoms with E-state index < -0.39 is 0 Å². The van der Waals surface area contributed by atoms with Crippen molar-refractivity contribution in [2.45, 2.75) is 0 Å². The van der Waals surface area contributed by atoms with Gasteiger partial charge in [-0.15, -0.1) is 0 Å². The first-order valence-corrected chi connectivity index (χ1v) is 21.3. The largest absolute Gasteiger partial charge is 0.455 e. The van der Waals surface area contributed by atoms with Gasteiger partial charge in [-0.05, 0) is 96.7 Å². The van der Waals surface area contributed by atoms with E-state index in [0.29, 0.717) is 0 Å². The van der Waals surface area contributed by atoms with Gasteiger partial charge in [0.1, 0.15) is 11.2 Å². The molecule has 0 aliphatic heterocycles. The van der Waals surface area contributed by atoms with E-state index in [9.17, 15) is 0 Å². The summed E-state index contributed by atoms with van der Waals surface area (Å²) in [4.78, 5) is 2.44. The fourth-order valence-corrected chi connectivity index (χ4v) is 9.68. The summed E-state index contributed by atoms with van der Waals surface area (Å²) in [6.07, 6.45) is 0. The first kappa shape index (κ1) is 35.7. The van der Waals surface area contributed by atoms with Crippen molar-refractivity contribution in [3.8, 4) is 44.5 Å². The van der Waals surface area contributed by atoms with Gasteiger partial charge in [-0.1, -0.05) is 200 Å². The third kappa shape index (κ3) is 5.88. The standard InChI is InChI=1S/C60H39NO/c1-3-19-41(20-4-1)58-52-30-10-9-28-49(52)50-37-36-44(39-54(50)59(58)42-21-5-2-6-22-42)47-27-11-13-33-55(47)61(56-34-16-23-40-18-7-8-26-46(40)56)45-25-15-24-43(38-45)48-31-17-32-53-51-29-12-14-35-57(51)62-60(48)53/h1-39H. The molecule has 290 valence electrons. The van der Waals surface area contributed by atoms with Gasteiger partial charge in [0, 0.05) is 33.0 Å². The zero-order chi connectivity index (χ0) is 41.0. The second-order valence-corrected chi connectivity index (χ2v) is 16.0. The van der Waals surface area contributed by atoms with Crippen LogP contribution >= 0.6 is 0 Å². The zero-order valence-corrected chi connectivity index (χ0v) is 33.9. The van der Waals surface area contributed by atoms with Crippen LogP contribution < -0.4 is 4.90 Å². The molecule has 0 bridgehead atoms. The van der Waals surface area contributed by atoms with E-state index in [0.717, 1.165) is 61.3 Å². The predicted octanol–water partition coefficient (Wildman–Crippen LogP) is 17.2. The number of rotatable bonds is 7. The van der Waals surface area contributed by atoms with E-state index in [1.807, 2.05) is 6.07 Å². The molecule has 0 aliphatic carbocycles. The Kier molecular flexibility index (Phi) is 8.53. The molecule has 0 saturated heterocycles. The van der Waals surface area contributed by atoms with E-state index in [2.05, 4.69) is 235 Å². The molecule has 2 nitrogen and oxygen atoms in total. The molecule has 0 N–H and O–H groups in total. The quantitative estimate of drug-likeness (QED) is 0.150. The Hall–Kier alpha value is -8.20. The molecule has 12 rings (SSSR count). The summed E-state index contributed by atoms with van der Waals surface area (Å²) in [5.41, 5.74) is 14.4. The molecule has 12 aromatic rings. The summed E-state index contributed by atoms with van der Waals surface area (Å²) in [6, 6.07) is 85.5. The lowest BCUT2D eigenvalue weighted by Gasteiger charge is -2.29. The molecule has 0 fully saturated rings. The maximum atomic E-state index is 6.57. The third-order valence-electron chi connectivity index (χ3n) is 12.4. The molecule has 11 aromatic carbocycles. The molecule has 62 heavy (non-hydrogen) atoms. The molecule has 0 amide bonds. The van der Waals surface area contributed by atoms with Crippen LogP contribution in [0.1, 0.15) is 0 Å². The van der Waals surface area contributed by atoms with Gasteiger partial charge in [-0.3, -0.25) is 0 Å². The maximum absolute atomic E-state index is 6.57. The number of furan rings is 1. The van der Waals surface area contributed by atoms with Crippen molar-refractivity contribution in [2.75, 3.05) is 4.90 Å². The number of hydrogen-bond donors (Lipinski definition) is 0. The van der Waals surface area contributed by atoms with Crippen molar-refractivity contribution in [2.24, 2.45) is 0 Å². The Morgan fingerprint density at radius 1 is 0.290 bits per heavy atom. The number of para-hydroxylation sites is 3. The summed E-state index contributed by atoms with van der Waals surface area (Å²) in [6.45, 7) is 0. The van der Waals surface area contributed by atoms with Crippen molar-refractivity contribution in [3.05, 3.63) is 237 Å². The summed E-state index contributed by atoms with van der Waals surface area (Å²) < 4.78 is 6.57. The summed E-state index contributed by atoms with van der Waals surface area (Å²) in [5, 5.41) is 9.56. The minimum absolute atomic E-state index is 0.895. The van der Waals surface area contributed by atoms with Crippen LogP contribution in [0.15, 0.2) is 241 Å². The van der Waals surface area contributed by atoms with Crippen LogP contribution in [0, 0.1) is 0 Å². The van der Waals surface area contributed by atoms with Crippen LogP contribution in [0.4, 0.5) is 17.1 Å². The van der Waals surface area contributed by atoms with Crippen molar-refractivity contribution >= 4 is 71.3 Å². The fraction of sp³-hybridized carbons (Fsp3) is 0. The van der Waals surface area contributed by atoms with Crippen molar-refractivity contribution in [1.29, 1.82) is 0 Å². The molecular weight excluding hydrogens is 751 g/mol. The van der Waals surface area contributed by atoms with Gasteiger partial charge in [-0.2, -0.15) is 0 Å². The molecule has 0 spiro atoms. The Bertz CT molecular complexity index is 3630. The van der Waals surface area contributed by atoms with Crippen LogP contribution in [-0.2, 0) is 0 Å². The molecule has 0 radical (unpaired) electrons. The number of benzene rings is 11. The van der Waals surface area contributed by atoms with Crippen molar-refractivity contribution in [1.82, 2.24) is 0 Å². The van der Waals surface area contributed by atoms with E-state index in [-0.39, 0.29) is 0 Å². The fourth-order valence-electron chi connectivity index (χ4n) is 9.68. The van der Waals surface area contributed by atoms with Gasteiger partial charge < -0.3 is 9.32 Å². The van der Waals surface area contributed by atoms with Crippen molar-refractivity contribution in [3.63, 3.8) is 0 Å². The first-order valence-electron chi connectivity index (χ1n) is 21.3. The molecule has 1 heterocycles. The normalized spacial score (nSPS) is 11.5. The van der Waals surface area contributed by atoms with Gasteiger partial charge in [0.2, 0.25) is 0 Å². The highest BCUT2D eigenvalue weighted by molar-refractivity contribution is 6.22. The zero-order valence-electron chi connectivity index (χ0n) is 33.9. The van der Waals surface area contributed by atoms with Crippen LogP contribution in [0.25, 0.3) is 98.8 Å². The number of fused-ring (bicyclic) bond motifs is 7. The van der Waals surface area contributed by atoms with Gasteiger partial charge in [-0.25, -0.2) is 0 Å². The molecule has 0 atom stereocenters. The Morgan fingerprint density at radius 3 is 1.65 bits per heavy atom. The Balaban J connectivity index is 1.11. The second-order valence-electron chi connectivity index (χ2n) is 16.0. The number of nitrogens with zero attached hydrogens (tertiary/aromatic N) is 1. The second kappa shape index (κ2) is 14.8. The molecule has 0 saturated carbocycles. The average Bonchev–Trinajstić information content (AvgIpc) is 3.73. The molecule has 0 unspecified atom stereocenters. The summed E-state index contributed by atoms with van der Waals surface area (Å²) >= 11 is 0. The van der Waals surface area contributed by atoms with E-state index in [1.165, 1.54) is 54.6 Å². The lowest BCUT2D eigenvalue weighted by atomic mass is 9.84. The third-order valence-corrected chi connectivity index (χ3v) is 12.4. The van der Waals surface area contributed by atoms with Gasteiger partial charge in [0.15, 0.2) is 0 Å². The summed E-state index contributed by atoms with van der Waals surface area (Å²) in [7, 11) is 0. The molecule has 2 heteroatoms. The maximum Gasteiger partial charge on any atom is 0.143 e. The van der Waals surface area contributed by atoms with Gasteiger partial charge >= 0.3 is 0 Å². The van der Waals surface area contributed by atoms with E-state index >= 15 is 0 Å². The minimum Gasteiger partial charge on any atom is -0.455 e. The lowest BCUT2D eigenvalue weighted by molar-refractivity contribution is 0.670. The van der Waals surface area contributed by atoms with Gasteiger partial charge in [0.25, 0.3) is 0 Å². The number of anilines is 3. The van der Waals surface area contributed by atoms with Crippen molar-refractivity contribution < 1.29 is 4.42 Å². The lowest BCUT2D eigenvalue weighted by Crippen LogP contribution is -2.12. The van der Waals surface area contributed by atoms with E-state index in [4.69, 9.17) is 4.42 Å². The molecular formula is C60H39NO. The molecule has 0 aliphatic rings. The summed E-state index contributed by atoms with van der Waals surface area (Å²) in [5.74, 6) is 0. The topological polar surface area (TPSA) is 16.4 Å². The highest BCUT2D eigenvalue weighted by Crippen LogP contribution is 2.48. The predicted molar refractivity (Wildman–Crippen MR) is 263 cm³/mol. The first-order chi connectivity index (χ1) is 30.8.